The minimum absolute atomic E-state index is 0.314. The number of nitrogens with two attached hydrogens (primary N) is 1. The van der Waals surface area contributed by atoms with Gasteiger partial charge < -0.3 is 10.6 Å². The topological polar surface area (TPSA) is 94.7 Å². The number of nitrogens with zero attached hydrogens (tertiary/aromatic N) is 5. The quantitative estimate of drug-likeness (QED) is 0.903. The van der Waals surface area contributed by atoms with Gasteiger partial charge in [0.2, 0.25) is 0 Å². The van der Waals surface area contributed by atoms with Crippen LogP contribution in [0.4, 0.5) is 11.6 Å². The maximum atomic E-state index is 9.36. The second-order valence-electron chi connectivity index (χ2n) is 4.96. The van der Waals surface area contributed by atoms with Crippen LogP contribution in [-0.4, -0.2) is 22.9 Å². The Morgan fingerprint density at radius 3 is 2.57 bits per heavy atom. The summed E-state index contributed by atoms with van der Waals surface area (Å²) in [5.74, 6) is 0.948. The highest BCUT2D eigenvalue weighted by Gasteiger charge is 2.23. The van der Waals surface area contributed by atoms with Crippen molar-refractivity contribution in [3.8, 4) is 17.8 Å². The lowest BCUT2D eigenvalue weighted by Gasteiger charge is -2.13. The molecule has 2 heterocycles. The fraction of sp³-hybridized carbons (Fsp3) is 0.267. The normalized spacial score (nSPS) is 13.9. The summed E-state index contributed by atoms with van der Waals surface area (Å²) in [6.45, 7) is 1.78. The van der Waals surface area contributed by atoms with Crippen LogP contribution in [-0.2, 0) is 0 Å². The Morgan fingerprint density at radius 2 is 1.90 bits per heavy atom. The Bertz CT molecular complexity index is 755. The lowest BCUT2D eigenvalue weighted by Crippen LogP contribution is -2.19. The average Bonchev–Trinajstić information content (AvgIpc) is 3.14. The molecule has 1 aliphatic rings. The second-order valence-corrected chi connectivity index (χ2v) is 4.96. The fourth-order valence-electron chi connectivity index (χ4n) is 2.58. The third-order valence-electron chi connectivity index (χ3n) is 3.64. The van der Waals surface area contributed by atoms with Crippen molar-refractivity contribution in [1.29, 1.82) is 10.5 Å². The number of nitriles is 2. The minimum Gasteiger partial charge on any atom is -0.382 e. The van der Waals surface area contributed by atoms with Crippen molar-refractivity contribution in [3.05, 3.63) is 35.4 Å². The first-order valence-electron chi connectivity index (χ1n) is 6.78. The van der Waals surface area contributed by atoms with Crippen molar-refractivity contribution in [3.63, 3.8) is 0 Å². The van der Waals surface area contributed by atoms with Gasteiger partial charge in [0.05, 0.1) is 17.3 Å². The van der Waals surface area contributed by atoms with Gasteiger partial charge in [-0.15, -0.1) is 5.10 Å². The van der Waals surface area contributed by atoms with Crippen LogP contribution in [0.2, 0.25) is 0 Å². The molecule has 0 bridgehead atoms. The Labute approximate surface area is 122 Å². The zero-order valence-electron chi connectivity index (χ0n) is 11.5. The van der Waals surface area contributed by atoms with Crippen LogP contribution in [0.25, 0.3) is 5.69 Å². The van der Waals surface area contributed by atoms with Crippen molar-refractivity contribution in [2.45, 2.75) is 12.8 Å². The smallest absolute Gasteiger partial charge is 0.171 e. The van der Waals surface area contributed by atoms with Crippen LogP contribution in [0.15, 0.2) is 24.3 Å². The molecule has 0 saturated carbocycles. The van der Waals surface area contributed by atoms with E-state index in [0.717, 1.165) is 25.9 Å². The molecule has 1 aliphatic heterocycles. The van der Waals surface area contributed by atoms with Gasteiger partial charge in [0.1, 0.15) is 17.5 Å². The van der Waals surface area contributed by atoms with Crippen molar-refractivity contribution >= 4 is 11.6 Å². The van der Waals surface area contributed by atoms with E-state index in [2.05, 4.69) is 22.1 Å². The van der Waals surface area contributed by atoms with Gasteiger partial charge in [0.25, 0.3) is 0 Å². The van der Waals surface area contributed by atoms with Gasteiger partial charge in [0.15, 0.2) is 5.82 Å². The number of rotatable bonds is 2. The predicted molar refractivity (Wildman–Crippen MR) is 78.9 cm³/mol. The van der Waals surface area contributed by atoms with Crippen molar-refractivity contribution in [1.82, 2.24) is 9.78 Å². The van der Waals surface area contributed by atoms with E-state index in [4.69, 9.17) is 11.0 Å². The summed E-state index contributed by atoms with van der Waals surface area (Å²) in [5, 5.41) is 22.8. The molecule has 21 heavy (non-hydrogen) atoms. The molecule has 3 rings (SSSR count). The van der Waals surface area contributed by atoms with Gasteiger partial charge >= 0.3 is 0 Å². The molecular weight excluding hydrogens is 264 g/mol. The van der Waals surface area contributed by atoms with E-state index in [1.54, 1.807) is 18.2 Å². The highest BCUT2D eigenvalue weighted by molar-refractivity contribution is 5.67. The third kappa shape index (κ3) is 2.17. The molecule has 104 valence electrons. The largest absolute Gasteiger partial charge is 0.382 e. The molecular formula is C15H14N6. The summed E-state index contributed by atoms with van der Waals surface area (Å²) in [6.07, 6.45) is 2.20. The summed E-state index contributed by atoms with van der Waals surface area (Å²) in [5.41, 5.74) is 7.70. The monoisotopic (exact) mass is 278 g/mol. The van der Waals surface area contributed by atoms with E-state index in [1.807, 2.05) is 6.07 Å². The highest BCUT2D eigenvalue weighted by Crippen LogP contribution is 2.29. The van der Waals surface area contributed by atoms with Crippen LogP contribution in [0.1, 0.15) is 24.0 Å². The van der Waals surface area contributed by atoms with Gasteiger partial charge in [-0.25, -0.2) is 4.68 Å². The fourth-order valence-corrected chi connectivity index (χ4v) is 2.58. The van der Waals surface area contributed by atoms with Crippen molar-refractivity contribution in [2.24, 2.45) is 0 Å². The maximum absolute atomic E-state index is 9.36. The Morgan fingerprint density at radius 1 is 1.14 bits per heavy atom. The molecule has 0 atom stereocenters. The first-order valence-corrected chi connectivity index (χ1v) is 6.78. The standard InChI is InChI=1S/C15H14N6/c16-9-11-4-3-5-12(8-11)21-14(18)13(10-17)15(19-21)20-6-1-2-7-20/h3-5,8H,1-2,6-7,18H2. The van der Waals surface area contributed by atoms with E-state index in [0.29, 0.717) is 28.5 Å². The number of hydrogen-bond acceptors (Lipinski definition) is 5. The van der Waals surface area contributed by atoms with E-state index in [1.165, 1.54) is 4.68 Å². The van der Waals surface area contributed by atoms with Gasteiger partial charge in [-0.05, 0) is 31.0 Å². The summed E-state index contributed by atoms with van der Waals surface area (Å²) in [7, 11) is 0. The SMILES string of the molecule is N#Cc1cccc(-n2nc(N3CCCC3)c(C#N)c2N)c1. The molecule has 2 N–H and O–H groups in total. The summed E-state index contributed by atoms with van der Waals surface area (Å²) < 4.78 is 1.53. The molecule has 1 saturated heterocycles. The molecule has 0 unspecified atom stereocenters. The molecule has 6 heteroatoms. The van der Waals surface area contributed by atoms with Crippen molar-refractivity contribution in [2.75, 3.05) is 23.7 Å². The van der Waals surface area contributed by atoms with E-state index in [-0.39, 0.29) is 0 Å². The number of aromatic nitrogens is 2. The van der Waals surface area contributed by atoms with Gasteiger partial charge in [0, 0.05) is 13.1 Å². The third-order valence-corrected chi connectivity index (χ3v) is 3.64. The molecule has 6 nitrogen and oxygen atoms in total. The Hall–Kier alpha value is -2.99. The van der Waals surface area contributed by atoms with Gasteiger partial charge in [-0.1, -0.05) is 6.07 Å². The minimum atomic E-state index is 0.314. The number of anilines is 2. The number of hydrogen-bond donors (Lipinski definition) is 1. The zero-order chi connectivity index (χ0) is 14.8. The average molecular weight is 278 g/mol. The molecule has 2 aromatic rings. The summed E-state index contributed by atoms with van der Waals surface area (Å²) in [4.78, 5) is 2.08. The number of nitrogen functional groups attached to an aromatic ring is 1. The molecule has 0 aliphatic carbocycles. The first-order chi connectivity index (χ1) is 10.2. The lowest BCUT2D eigenvalue weighted by molar-refractivity contribution is 0.849. The molecule has 0 amide bonds. The predicted octanol–water partition coefficient (Wildman–Crippen LogP) is 1.80. The highest BCUT2D eigenvalue weighted by atomic mass is 15.4. The maximum Gasteiger partial charge on any atom is 0.171 e. The van der Waals surface area contributed by atoms with Crippen LogP contribution < -0.4 is 10.6 Å². The Balaban J connectivity index is 2.11. The summed E-state index contributed by atoms with van der Waals surface area (Å²) >= 11 is 0. The van der Waals surface area contributed by atoms with E-state index < -0.39 is 0 Å². The van der Waals surface area contributed by atoms with Crippen LogP contribution in [0.5, 0.6) is 0 Å². The molecule has 0 spiro atoms. The molecule has 1 aromatic heterocycles. The molecule has 0 radical (unpaired) electrons. The van der Waals surface area contributed by atoms with Crippen LogP contribution >= 0.6 is 0 Å². The lowest BCUT2D eigenvalue weighted by atomic mass is 10.2. The first kappa shape index (κ1) is 13.0. The van der Waals surface area contributed by atoms with Gasteiger partial charge in [-0.2, -0.15) is 10.5 Å². The molecule has 1 aromatic carbocycles. The van der Waals surface area contributed by atoms with E-state index in [9.17, 15) is 5.26 Å². The number of benzene rings is 1. The molecule has 1 fully saturated rings. The van der Waals surface area contributed by atoms with E-state index >= 15 is 0 Å². The van der Waals surface area contributed by atoms with Crippen molar-refractivity contribution < 1.29 is 0 Å². The van der Waals surface area contributed by atoms with Crippen LogP contribution in [0, 0.1) is 22.7 Å². The Kier molecular flexibility index (Phi) is 3.21. The zero-order valence-corrected chi connectivity index (χ0v) is 11.5. The van der Waals surface area contributed by atoms with Gasteiger partial charge in [-0.3, -0.25) is 0 Å². The van der Waals surface area contributed by atoms with Crippen LogP contribution in [0.3, 0.4) is 0 Å². The summed E-state index contributed by atoms with van der Waals surface area (Å²) in [6, 6.07) is 11.3. The second kappa shape index (κ2) is 5.18.